The van der Waals surface area contributed by atoms with Crippen molar-refractivity contribution in [3.8, 4) is 0 Å². The molecule has 9 nitrogen and oxygen atoms in total. The van der Waals surface area contributed by atoms with Crippen LogP contribution in [0.5, 0.6) is 0 Å². The molecule has 1 aliphatic rings. The second-order valence-electron chi connectivity index (χ2n) is 5.34. The number of ether oxygens (including phenoxy) is 1. The minimum atomic E-state index is -0.854. The molecule has 1 aliphatic heterocycles. The Labute approximate surface area is 126 Å². The van der Waals surface area contributed by atoms with Gasteiger partial charge in [-0.3, -0.25) is 4.57 Å². The van der Waals surface area contributed by atoms with Crippen LogP contribution < -0.4 is 0 Å². The highest BCUT2D eigenvalue weighted by atomic mass is 16.5. The molecule has 0 aromatic carbocycles. The first-order chi connectivity index (χ1) is 10.6. The molecule has 3 rings (SSSR count). The van der Waals surface area contributed by atoms with E-state index >= 15 is 0 Å². The molecule has 22 heavy (non-hydrogen) atoms. The molecule has 116 valence electrons. The molecule has 9 heteroatoms. The van der Waals surface area contributed by atoms with Crippen molar-refractivity contribution >= 4 is 11.2 Å². The zero-order valence-corrected chi connectivity index (χ0v) is 12.6. The summed E-state index contributed by atoms with van der Waals surface area (Å²) in [6, 6.07) is -0.720. The van der Waals surface area contributed by atoms with E-state index in [1.54, 1.807) is 17.8 Å². The summed E-state index contributed by atoms with van der Waals surface area (Å²) in [5.41, 5.74) is 10.8. The molecule has 3 heterocycles. The molecule has 0 amide bonds. The minimum Gasteiger partial charge on any atom is -0.390 e. The van der Waals surface area contributed by atoms with E-state index in [0.717, 1.165) is 5.69 Å². The highest BCUT2D eigenvalue weighted by Gasteiger charge is 2.44. The van der Waals surface area contributed by atoms with Gasteiger partial charge in [-0.1, -0.05) is 12.0 Å². The van der Waals surface area contributed by atoms with E-state index in [9.17, 15) is 5.11 Å². The Kier molecular flexibility index (Phi) is 3.69. The minimum absolute atomic E-state index is 0.387. The van der Waals surface area contributed by atoms with E-state index in [1.165, 1.54) is 0 Å². The maximum atomic E-state index is 10.3. The van der Waals surface area contributed by atoms with Crippen LogP contribution in [0.3, 0.4) is 0 Å². The maximum Gasteiger partial charge on any atom is 0.165 e. The van der Waals surface area contributed by atoms with E-state index in [4.69, 9.17) is 10.3 Å². The molecule has 0 bridgehead atoms. The molecular weight excluding hydrogens is 286 g/mol. The van der Waals surface area contributed by atoms with E-state index in [1.807, 2.05) is 13.8 Å². The molecule has 0 saturated carbocycles. The van der Waals surface area contributed by atoms with E-state index in [2.05, 4.69) is 25.0 Å². The van der Waals surface area contributed by atoms with Gasteiger partial charge in [-0.05, 0) is 25.8 Å². The molecule has 0 radical (unpaired) electrons. The average molecular weight is 303 g/mol. The number of hydrogen-bond acceptors (Lipinski definition) is 6. The summed E-state index contributed by atoms with van der Waals surface area (Å²) >= 11 is 0. The van der Waals surface area contributed by atoms with Crippen molar-refractivity contribution in [1.29, 1.82) is 0 Å². The van der Waals surface area contributed by atoms with Crippen LogP contribution in [0.1, 0.15) is 31.1 Å². The Morgan fingerprint density at radius 3 is 2.91 bits per heavy atom. The van der Waals surface area contributed by atoms with Crippen LogP contribution in [-0.2, 0) is 4.74 Å². The van der Waals surface area contributed by atoms with Gasteiger partial charge in [0.05, 0.1) is 24.2 Å². The van der Waals surface area contributed by atoms with Gasteiger partial charge in [0.15, 0.2) is 5.65 Å². The summed E-state index contributed by atoms with van der Waals surface area (Å²) < 4.78 is 7.57. The van der Waals surface area contributed by atoms with E-state index < -0.39 is 18.4 Å². The Bertz CT molecular complexity index is 752. The number of aliphatic hydroxyl groups is 1. The quantitative estimate of drug-likeness (QED) is 0.526. The van der Waals surface area contributed by atoms with Crippen LogP contribution in [0.4, 0.5) is 0 Å². The molecule has 4 atom stereocenters. The highest BCUT2D eigenvalue weighted by Crippen LogP contribution is 2.35. The second kappa shape index (κ2) is 5.53. The summed E-state index contributed by atoms with van der Waals surface area (Å²) in [7, 11) is 0. The third-order valence-electron chi connectivity index (χ3n) is 3.91. The van der Waals surface area contributed by atoms with Crippen LogP contribution >= 0.6 is 0 Å². The van der Waals surface area contributed by atoms with Crippen molar-refractivity contribution < 1.29 is 9.84 Å². The van der Waals surface area contributed by atoms with Gasteiger partial charge in [-0.25, -0.2) is 15.0 Å². The van der Waals surface area contributed by atoms with Gasteiger partial charge in [0.1, 0.15) is 23.6 Å². The molecule has 0 aliphatic carbocycles. The fourth-order valence-corrected chi connectivity index (χ4v) is 2.86. The summed E-state index contributed by atoms with van der Waals surface area (Å²) in [6.45, 7) is 5.57. The van der Waals surface area contributed by atoms with Crippen molar-refractivity contribution in [2.45, 2.75) is 51.7 Å². The summed E-state index contributed by atoms with van der Waals surface area (Å²) in [5, 5.41) is 14.0. The molecule has 1 fully saturated rings. The Morgan fingerprint density at radius 2 is 2.23 bits per heavy atom. The zero-order valence-electron chi connectivity index (χ0n) is 12.6. The van der Waals surface area contributed by atoms with Crippen LogP contribution in [0, 0.1) is 13.8 Å². The maximum absolute atomic E-state index is 10.3. The topological polar surface area (TPSA) is 122 Å². The number of azide groups is 1. The fourth-order valence-electron chi connectivity index (χ4n) is 2.86. The lowest BCUT2D eigenvalue weighted by Gasteiger charge is -2.17. The lowest BCUT2D eigenvalue weighted by molar-refractivity contribution is -0.0192. The Balaban J connectivity index is 2.11. The standard InChI is InChI=1S/C13H17N7O2/c1-4-8-11(21)10(18-19-14)13(22-8)20-5-15-9-6(2)16-7(3)17-12(9)20/h5,8,10-11,13,21H,4H2,1-3H3/t8-,10?,11+,13-/m1/s1. The van der Waals surface area contributed by atoms with Crippen LogP contribution in [-0.4, -0.2) is 42.9 Å². The van der Waals surface area contributed by atoms with Crippen molar-refractivity contribution in [3.05, 3.63) is 28.3 Å². The lowest BCUT2D eigenvalue weighted by Crippen LogP contribution is -2.29. The van der Waals surface area contributed by atoms with Crippen LogP contribution in [0.15, 0.2) is 11.4 Å². The fraction of sp³-hybridized carbons (Fsp3) is 0.615. The SMILES string of the molecule is CC[C@H]1O[C@@H](n2cnc3c(C)nc(C)nc32)C(N=[N+]=[N-])[C@H]1O. The van der Waals surface area contributed by atoms with Gasteiger partial charge < -0.3 is 9.84 Å². The van der Waals surface area contributed by atoms with Gasteiger partial charge in [0.2, 0.25) is 0 Å². The zero-order chi connectivity index (χ0) is 15.9. The predicted octanol–water partition coefficient (Wildman–Crippen LogP) is 1.79. The van der Waals surface area contributed by atoms with Gasteiger partial charge >= 0.3 is 0 Å². The Hall–Kier alpha value is -2.22. The van der Waals surface area contributed by atoms with Gasteiger partial charge in [0, 0.05) is 4.91 Å². The smallest absolute Gasteiger partial charge is 0.165 e. The first-order valence-electron chi connectivity index (χ1n) is 7.12. The van der Waals surface area contributed by atoms with E-state index in [-0.39, 0.29) is 6.10 Å². The highest BCUT2D eigenvalue weighted by molar-refractivity contribution is 5.73. The number of fused-ring (bicyclic) bond motifs is 1. The van der Waals surface area contributed by atoms with E-state index in [0.29, 0.717) is 23.4 Å². The van der Waals surface area contributed by atoms with Crippen molar-refractivity contribution in [2.75, 3.05) is 0 Å². The third kappa shape index (κ3) is 2.19. The normalized spacial score (nSPS) is 28.0. The van der Waals surface area contributed by atoms with Crippen molar-refractivity contribution in [3.63, 3.8) is 0 Å². The third-order valence-corrected chi connectivity index (χ3v) is 3.91. The monoisotopic (exact) mass is 303 g/mol. The number of aromatic nitrogens is 4. The molecule has 0 spiro atoms. The molecule has 2 aromatic rings. The van der Waals surface area contributed by atoms with Crippen molar-refractivity contribution in [2.24, 2.45) is 5.11 Å². The first-order valence-corrected chi connectivity index (χ1v) is 7.12. The number of aryl methyl sites for hydroxylation is 2. The van der Waals surface area contributed by atoms with Crippen molar-refractivity contribution in [1.82, 2.24) is 19.5 Å². The molecule has 1 unspecified atom stereocenters. The molecular formula is C13H17N7O2. The number of imidazole rings is 1. The summed E-state index contributed by atoms with van der Waals surface area (Å²) in [6.07, 6.45) is 0.333. The first kappa shape index (κ1) is 14.7. The lowest BCUT2D eigenvalue weighted by atomic mass is 10.1. The summed E-state index contributed by atoms with van der Waals surface area (Å²) in [4.78, 5) is 15.8. The van der Waals surface area contributed by atoms with Crippen LogP contribution in [0.25, 0.3) is 21.6 Å². The molecule has 1 saturated heterocycles. The molecule has 1 N–H and O–H groups in total. The Morgan fingerprint density at radius 1 is 1.45 bits per heavy atom. The van der Waals surface area contributed by atoms with Crippen LogP contribution in [0.2, 0.25) is 0 Å². The molecule has 2 aromatic heterocycles. The number of hydrogen-bond donors (Lipinski definition) is 1. The number of nitrogens with zero attached hydrogens (tertiary/aromatic N) is 7. The largest absolute Gasteiger partial charge is 0.390 e. The second-order valence-corrected chi connectivity index (χ2v) is 5.34. The summed E-state index contributed by atoms with van der Waals surface area (Å²) in [5.74, 6) is 0.623. The van der Waals surface area contributed by atoms with Gasteiger partial charge in [-0.2, -0.15) is 0 Å². The average Bonchev–Trinajstić information content (AvgIpc) is 3.02. The van der Waals surface area contributed by atoms with Gasteiger partial charge in [-0.15, -0.1) is 0 Å². The predicted molar refractivity (Wildman–Crippen MR) is 77.9 cm³/mol. The number of aliphatic hydroxyl groups excluding tert-OH is 1. The van der Waals surface area contributed by atoms with Gasteiger partial charge in [0.25, 0.3) is 0 Å². The number of rotatable bonds is 3.